The molecule has 1 atom stereocenters. The smallest absolute Gasteiger partial charge is 0.272 e. The molecule has 0 radical (unpaired) electrons. The third-order valence-electron chi connectivity index (χ3n) is 6.54. The third kappa shape index (κ3) is 5.39. The van der Waals surface area contributed by atoms with Crippen molar-refractivity contribution in [3.8, 4) is 11.4 Å². The molecule has 2 aromatic rings. The average Bonchev–Trinajstić information content (AvgIpc) is 3.03. The highest BCUT2D eigenvalue weighted by Crippen LogP contribution is 2.30. The van der Waals surface area contributed by atoms with Crippen LogP contribution < -0.4 is 10.6 Å². The first-order valence-corrected chi connectivity index (χ1v) is 12.4. The Bertz CT molecular complexity index is 1190. The molecule has 2 aliphatic heterocycles. The molecule has 3 amide bonds. The molecule has 1 aromatic heterocycles. The van der Waals surface area contributed by atoms with Crippen molar-refractivity contribution in [3.05, 3.63) is 40.4 Å². The van der Waals surface area contributed by atoms with Crippen LogP contribution in [0.15, 0.2) is 18.2 Å². The highest BCUT2D eigenvalue weighted by Gasteiger charge is 2.38. The Kier molecular flexibility index (Phi) is 7.38. The topological polar surface area (TPSA) is 99.6 Å². The van der Waals surface area contributed by atoms with Crippen molar-refractivity contribution < 1.29 is 18.8 Å². The highest BCUT2D eigenvalue weighted by atomic mass is 35.5. The molecule has 0 spiro atoms. The average molecular weight is 519 g/mol. The molecule has 1 saturated heterocycles. The molecule has 9 nitrogen and oxygen atoms in total. The Morgan fingerprint density at radius 1 is 1.19 bits per heavy atom. The molecule has 1 fully saturated rings. The van der Waals surface area contributed by atoms with E-state index in [1.165, 1.54) is 23.1 Å². The number of benzene rings is 1. The summed E-state index contributed by atoms with van der Waals surface area (Å²) in [6.45, 7) is 8.06. The van der Waals surface area contributed by atoms with Gasteiger partial charge < -0.3 is 25.0 Å². The molecule has 4 rings (SSSR count). The van der Waals surface area contributed by atoms with E-state index < -0.39 is 23.2 Å². The van der Waals surface area contributed by atoms with Gasteiger partial charge in [-0.2, -0.15) is 0 Å². The molecule has 194 valence electrons. The van der Waals surface area contributed by atoms with Gasteiger partial charge in [0.25, 0.3) is 5.91 Å². The third-order valence-corrected chi connectivity index (χ3v) is 6.77. The zero-order chi connectivity index (χ0) is 26.2. The summed E-state index contributed by atoms with van der Waals surface area (Å²) in [5, 5.41) is 5.96. The molecule has 0 saturated carbocycles. The number of carbonyl (C=O) groups is 3. The fourth-order valence-electron chi connectivity index (χ4n) is 4.63. The van der Waals surface area contributed by atoms with Crippen molar-refractivity contribution in [2.75, 3.05) is 33.2 Å². The Morgan fingerprint density at radius 2 is 1.94 bits per heavy atom. The number of aromatic nitrogens is 2. The number of amides is 3. The summed E-state index contributed by atoms with van der Waals surface area (Å²) in [6.07, 6.45) is 0.802. The number of hydrogen-bond acceptors (Lipinski definition) is 5. The molecule has 0 unspecified atom stereocenters. The second kappa shape index (κ2) is 10.2. The van der Waals surface area contributed by atoms with Gasteiger partial charge in [-0.3, -0.25) is 14.4 Å². The van der Waals surface area contributed by atoms with Gasteiger partial charge in [-0.15, -0.1) is 0 Å². The Balaban J connectivity index is 1.72. The summed E-state index contributed by atoms with van der Waals surface area (Å²) in [5.74, 6) is -1.23. The number of piperazine rings is 1. The van der Waals surface area contributed by atoms with E-state index in [1.807, 2.05) is 32.4 Å². The molecule has 2 aliphatic rings. The molecule has 36 heavy (non-hydrogen) atoms. The number of rotatable bonds is 4. The van der Waals surface area contributed by atoms with Gasteiger partial charge in [-0.1, -0.05) is 32.4 Å². The van der Waals surface area contributed by atoms with Gasteiger partial charge in [-0.05, 0) is 43.6 Å². The molecule has 3 heterocycles. The van der Waals surface area contributed by atoms with Gasteiger partial charge in [0.2, 0.25) is 11.8 Å². The van der Waals surface area contributed by atoms with Crippen LogP contribution in [0.25, 0.3) is 11.4 Å². The van der Waals surface area contributed by atoms with Gasteiger partial charge in [0.15, 0.2) is 5.69 Å². The van der Waals surface area contributed by atoms with Crippen molar-refractivity contribution in [3.63, 3.8) is 0 Å². The predicted octanol–water partition coefficient (Wildman–Crippen LogP) is 2.28. The summed E-state index contributed by atoms with van der Waals surface area (Å²) < 4.78 is 16.7. The van der Waals surface area contributed by atoms with Gasteiger partial charge in [0, 0.05) is 31.2 Å². The lowest BCUT2D eigenvalue weighted by atomic mass is 9.85. The minimum absolute atomic E-state index is 0.0514. The van der Waals surface area contributed by atoms with Gasteiger partial charge in [-0.25, -0.2) is 9.37 Å². The van der Waals surface area contributed by atoms with Crippen LogP contribution in [0.2, 0.25) is 5.02 Å². The molecule has 1 aromatic carbocycles. The lowest BCUT2D eigenvalue weighted by Crippen LogP contribution is -2.59. The van der Waals surface area contributed by atoms with Crippen LogP contribution in [0, 0.1) is 11.2 Å². The number of fused-ring (bicyclic) bond motifs is 1. The number of carbonyl (C=O) groups excluding carboxylic acids is 3. The lowest BCUT2D eigenvalue weighted by Gasteiger charge is -2.36. The molecular formula is C25H32ClFN6O3. The first-order chi connectivity index (χ1) is 17.0. The minimum Gasteiger partial charge on any atom is -0.353 e. The quantitative estimate of drug-likeness (QED) is 0.647. The van der Waals surface area contributed by atoms with Gasteiger partial charge >= 0.3 is 0 Å². The van der Waals surface area contributed by atoms with Crippen molar-refractivity contribution in [1.82, 2.24) is 30.0 Å². The predicted molar refractivity (Wildman–Crippen MR) is 134 cm³/mol. The SMILES string of the molecule is CN1CCCn2c(-c3cc(Cl)ccc3F)nc(C(=O)N[C@H](C(=O)N3CCNC(=O)C3)C(C)(C)C)c2C1. The normalized spacial score (nSPS) is 17.7. The van der Waals surface area contributed by atoms with Crippen molar-refractivity contribution >= 4 is 29.3 Å². The zero-order valence-electron chi connectivity index (χ0n) is 21.0. The molecule has 0 bridgehead atoms. The summed E-state index contributed by atoms with van der Waals surface area (Å²) >= 11 is 6.15. The maximum Gasteiger partial charge on any atom is 0.272 e. The van der Waals surface area contributed by atoms with Crippen LogP contribution in [0.3, 0.4) is 0 Å². The maximum absolute atomic E-state index is 14.8. The number of nitrogens with one attached hydrogen (secondary N) is 2. The number of halogens is 2. The largest absolute Gasteiger partial charge is 0.353 e. The van der Waals surface area contributed by atoms with Crippen LogP contribution in [0.1, 0.15) is 43.4 Å². The van der Waals surface area contributed by atoms with E-state index in [0.717, 1.165) is 13.0 Å². The number of imidazole rings is 1. The van der Waals surface area contributed by atoms with E-state index >= 15 is 0 Å². The van der Waals surface area contributed by atoms with Crippen LogP contribution in [0.4, 0.5) is 4.39 Å². The monoisotopic (exact) mass is 518 g/mol. The van der Waals surface area contributed by atoms with Gasteiger partial charge in [0.05, 0.1) is 17.8 Å². The van der Waals surface area contributed by atoms with Crippen molar-refractivity contribution in [2.24, 2.45) is 5.41 Å². The Labute approximate surface area is 215 Å². The number of hydrogen-bond donors (Lipinski definition) is 2. The zero-order valence-corrected chi connectivity index (χ0v) is 21.8. The van der Waals surface area contributed by atoms with E-state index in [-0.39, 0.29) is 29.6 Å². The van der Waals surface area contributed by atoms with E-state index in [0.29, 0.717) is 42.7 Å². The fraction of sp³-hybridized carbons (Fsp3) is 0.520. The van der Waals surface area contributed by atoms with E-state index in [2.05, 4.69) is 20.5 Å². The Hall–Kier alpha value is -2.98. The lowest BCUT2D eigenvalue weighted by molar-refractivity contribution is -0.141. The first kappa shape index (κ1) is 26.1. The maximum atomic E-state index is 14.8. The summed E-state index contributed by atoms with van der Waals surface area (Å²) in [5.41, 5.74) is 0.391. The second-order valence-electron chi connectivity index (χ2n) is 10.5. The van der Waals surface area contributed by atoms with Crippen molar-refractivity contribution in [2.45, 2.75) is 46.3 Å². The summed E-state index contributed by atoms with van der Waals surface area (Å²) in [6, 6.07) is 3.37. The van der Waals surface area contributed by atoms with E-state index in [1.54, 1.807) is 0 Å². The molecular weight excluding hydrogens is 487 g/mol. The van der Waals surface area contributed by atoms with Crippen LogP contribution >= 0.6 is 11.6 Å². The highest BCUT2D eigenvalue weighted by molar-refractivity contribution is 6.30. The molecule has 0 aliphatic carbocycles. The summed E-state index contributed by atoms with van der Waals surface area (Å²) in [7, 11) is 1.95. The molecule has 2 N–H and O–H groups in total. The van der Waals surface area contributed by atoms with E-state index in [9.17, 15) is 18.8 Å². The second-order valence-corrected chi connectivity index (χ2v) is 10.9. The number of nitrogens with zero attached hydrogens (tertiary/aromatic N) is 4. The standard InChI is InChI=1S/C25H32ClFN6O3/c1-25(2,3)21(24(36)32-11-8-28-19(34)14-32)30-23(35)20-18-13-31(4)9-5-10-33(18)22(29-20)16-12-15(26)6-7-17(16)27/h6-7,12,21H,5,8-11,13-14H2,1-4H3,(H,28,34)(H,30,35)/t21-/m1/s1. The first-order valence-electron chi connectivity index (χ1n) is 12.1. The minimum atomic E-state index is -0.886. The van der Waals surface area contributed by atoms with E-state index in [4.69, 9.17) is 11.6 Å². The van der Waals surface area contributed by atoms with Crippen LogP contribution in [0.5, 0.6) is 0 Å². The fourth-order valence-corrected chi connectivity index (χ4v) is 4.81. The van der Waals surface area contributed by atoms with Gasteiger partial charge in [0.1, 0.15) is 17.7 Å². The van der Waals surface area contributed by atoms with Crippen LogP contribution in [-0.4, -0.2) is 76.3 Å². The molecule has 11 heteroatoms. The summed E-state index contributed by atoms with van der Waals surface area (Å²) in [4.78, 5) is 47.1. The van der Waals surface area contributed by atoms with Crippen LogP contribution in [-0.2, 0) is 22.7 Å². The Morgan fingerprint density at radius 3 is 2.64 bits per heavy atom. The van der Waals surface area contributed by atoms with Crippen molar-refractivity contribution in [1.29, 1.82) is 0 Å².